The van der Waals surface area contributed by atoms with Gasteiger partial charge >= 0.3 is 0 Å². The predicted octanol–water partition coefficient (Wildman–Crippen LogP) is 7.48. The van der Waals surface area contributed by atoms with Crippen LogP contribution in [0.4, 0.5) is 5.69 Å². The van der Waals surface area contributed by atoms with Crippen LogP contribution in [0.25, 0.3) is 10.9 Å². The number of aryl methyl sites for hydroxylation is 1. The third-order valence-electron chi connectivity index (χ3n) is 6.01. The Hall–Kier alpha value is -3.21. The molecule has 0 saturated carbocycles. The third kappa shape index (κ3) is 6.99. The first-order valence-corrected chi connectivity index (χ1v) is 14.8. The Balaban J connectivity index is 1.69. The molecule has 0 atom stereocenters. The van der Waals surface area contributed by atoms with Gasteiger partial charge in [0.05, 0.1) is 23.7 Å². The molecule has 214 valence electrons. The number of nitrogens with zero attached hydrogens (tertiary/aromatic N) is 3. The van der Waals surface area contributed by atoms with Gasteiger partial charge in [-0.3, -0.25) is 9.59 Å². The Kier molecular flexibility index (Phi) is 9.56. The van der Waals surface area contributed by atoms with E-state index in [2.05, 4.69) is 42.3 Å². The molecular formula is C30H29Br2ClN4O4. The van der Waals surface area contributed by atoms with Crippen molar-refractivity contribution in [2.75, 3.05) is 18.5 Å². The molecule has 4 aromatic rings. The van der Waals surface area contributed by atoms with Crippen molar-refractivity contribution in [1.29, 1.82) is 0 Å². The Morgan fingerprint density at radius 2 is 1.88 bits per heavy atom. The van der Waals surface area contributed by atoms with Gasteiger partial charge in [-0.1, -0.05) is 66.5 Å². The number of benzene rings is 3. The highest BCUT2D eigenvalue weighted by Gasteiger charge is 2.24. The molecule has 1 aromatic heterocycles. The van der Waals surface area contributed by atoms with Crippen LogP contribution in [-0.2, 0) is 10.2 Å². The number of amides is 1. The second kappa shape index (κ2) is 12.8. The first kappa shape index (κ1) is 30.7. The van der Waals surface area contributed by atoms with Crippen molar-refractivity contribution < 1.29 is 14.3 Å². The van der Waals surface area contributed by atoms with E-state index in [1.54, 1.807) is 18.2 Å². The van der Waals surface area contributed by atoms with E-state index in [0.717, 1.165) is 10.0 Å². The zero-order valence-electron chi connectivity index (χ0n) is 23.2. The molecule has 0 aliphatic heterocycles. The zero-order chi connectivity index (χ0) is 29.9. The fourth-order valence-electron chi connectivity index (χ4n) is 3.99. The van der Waals surface area contributed by atoms with Crippen molar-refractivity contribution in [3.8, 4) is 11.5 Å². The number of para-hydroxylation sites is 1. The summed E-state index contributed by atoms with van der Waals surface area (Å²) in [6.45, 7) is 9.68. The van der Waals surface area contributed by atoms with E-state index in [-0.39, 0.29) is 28.8 Å². The summed E-state index contributed by atoms with van der Waals surface area (Å²) in [5, 5.41) is 8.00. The van der Waals surface area contributed by atoms with Gasteiger partial charge in [-0.15, -0.1) is 0 Å². The Labute approximate surface area is 260 Å². The first-order valence-electron chi connectivity index (χ1n) is 12.8. The van der Waals surface area contributed by atoms with Gasteiger partial charge in [0.1, 0.15) is 10.8 Å². The average molecular weight is 705 g/mol. The predicted molar refractivity (Wildman–Crippen MR) is 171 cm³/mol. The lowest BCUT2D eigenvalue weighted by atomic mass is 9.95. The van der Waals surface area contributed by atoms with E-state index < -0.39 is 5.41 Å². The van der Waals surface area contributed by atoms with Crippen molar-refractivity contribution in [1.82, 2.24) is 9.66 Å². The number of nitrogens with one attached hydrogen (secondary N) is 1. The molecule has 0 aliphatic rings. The molecule has 0 saturated heterocycles. The van der Waals surface area contributed by atoms with Crippen LogP contribution in [0.3, 0.4) is 0 Å². The molecule has 41 heavy (non-hydrogen) atoms. The minimum atomic E-state index is -0.473. The summed E-state index contributed by atoms with van der Waals surface area (Å²) >= 11 is 13.6. The third-order valence-corrected chi connectivity index (χ3v) is 7.95. The van der Waals surface area contributed by atoms with Crippen LogP contribution in [0.1, 0.15) is 44.6 Å². The number of rotatable bonds is 8. The maximum Gasteiger partial charge on any atom is 0.282 e. The fraction of sp³-hybridized carbons (Fsp3) is 0.267. The number of carbonyl (C=O) groups excluding carboxylic acids is 1. The van der Waals surface area contributed by atoms with Gasteiger partial charge in [0.15, 0.2) is 18.1 Å². The van der Waals surface area contributed by atoms with Crippen LogP contribution in [0.5, 0.6) is 11.5 Å². The largest absolute Gasteiger partial charge is 0.490 e. The molecule has 1 heterocycles. The second-order valence-corrected chi connectivity index (χ2v) is 12.3. The Bertz CT molecular complexity index is 1710. The van der Waals surface area contributed by atoms with Gasteiger partial charge in [-0.05, 0) is 65.7 Å². The number of fused-ring (bicyclic) bond motifs is 1. The number of hydrogen-bond acceptors (Lipinski definition) is 6. The Morgan fingerprint density at radius 1 is 1.15 bits per heavy atom. The van der Waals surface area contributed by atoms with E-state index in [0.29, 0.717) is 44.8 Å². The molecule has 0 fully saturated rings. The van der Waals surface area contributed by atoms with Gasteiger partial charge in [0, 0.05) is 25.6 Å². The van der Waals surface area contributed by atoms with E-state index in [9.17, 15) is 9.59 Å². The summed E-state index contributed by atoms with van der Waals surface area (Å²) in [7, 11) is 0. The van der Waals surface area contributed by atoms with Gasteiger partial charge in [0.2, 0.25) is 0 Å². The van der Waals surface area contributed by atoms with Crippen molar-refractivity contribution >= 4 is 72.2 Å². The number of halogens is 3. The zero-order valence-corrected chi connectivity index (χ0v) is 27.1. The van der Waals surface area contributed by atoms with Crippen molar-refractivity contribution in [3.05, 3.63) is 89.8 Å². The molecule has 1 N–H and O–H groups in total. The molecule has 0 unspecified atom stereocenters. The number of aromatic nitrogens is 2. The number of ether oxygens (including phenoxy) is 2. The van der Waals surface area contributed by atoms with Gasteiger partial charge < -0.3 is 14.8 Å². The molecule has 0 aliphatic carbocycles. The fourth-order valence-corrected chi connectivity index (χ4v) is 5.01. The summed E-state index contributed by atoms with van der Waals surface area (Å²) in [4.78, 5) is 30.9. The number of hydrogen-bond donors (Lipinski definition) is 1. The molecule has 0 spiro atoms. The van der Waals surface area contributed by atoms with Crippen LogP contribution >= 0.6 is 43.5 Å². The summed E-state index contributed by atoms with van der Waals surface area (Å²) in [6.07, 6.45) is 1.51. The standard InChI is InChI=1S/C30H29Br2ClN4O4/c1-6-40-23-13-18(25(32)26(33)27(23)41-16-24(38)35-21-10-8-7-9-17(21)2)15-34-37-28(39)20-14-19(31)11-12-22(20)36-29(37)30(3,4)5/h7-15H,6,16H2,1-5H3,(H,35,38). The second-order valence-electron chi connectivity index (χ2n) is 10.2. The number of carbonyl (C=O) groups is 1. The summed E-state index contributed by atoms with van der Waals surface area (Å²) < 4.78 is 14.1. The van der Waals surface area contributed by atoms with E-state index in [1.165, 1.54) is 10.9 Å². The van der Waals surface area contributed by atoms with Crippen LogP contribution < -0.4 is 20.3 Å². The molecule has 1 amide bonds. The highest BCUT2D eigenvalue weighted by molar-refractivity contribution is 9.10. The van der Waals surface area contributed by atoms with Crippen LogP contribution in [0.15, 0.2) is 67.4 Å². The summed E-state index contributed by atoms with van der Waals surface area (Å²) in [5.41, 5.74) is 1.99. The van der Waals surface area contributed by atoms with Crippen LogP contribution in [0.2, 0.25) is 5.02 Å². The van der Waals surface area contributed by atoms with Gasteiger partial charge in [-0.2, -0.15) is 9.78 Å². The van der Waals surface area contributed by atoms with Gasteiger partial charge in [0.25, 0.3) is 11.5 Å². The average Bonchev–Trinajstić information content (AvgIpc) is 2.91. The van der Waals surface area contributed by atoms with Crippen molar-refractivity contribution in [2.45, 2.75) is 40.0 Å². The minimum absolute atomic E-state index is 0.199. The normalized spacial score (nSPS) is 11.7. The van der Waals surface area contributed by atoms with Crippen molar-refractivity contribution in [3.63, 3.8) is 0 Å². The lowest BCUT2D eigenvalue weighted by Crippen LogP contribution is -2.29. The molecular weight excluding hydrogens is 676 g/mol. The molecule has 3 aromatic carbocycles. The molecule has 4 rings (SSSR count). The smallest absolute Gasteiger partial charge is 0.282 e. The van der Waals surface area contributed by atoms with Crippen molar-refractivity contribution in [2.24, 2.45) is 5.10 Å². The lowest BCUT2D eigenvalue weighted by molar-refractivity contribution is -0.118. The quantitative estimate of drug-likeness (QED) is 0.192. The van der Waals surface area contributed by atoms with Gasteiger partial charge in [-0.25, -0.2) is 4.98 Å². The molecule has 0 radical (unpaired) electrons. The van der Waals surface area contributed by atoms with E-state index in [1.807, 2.05) is 65.0 Å². The SMILES string of the molecule is CCOc1cc(C=Nn2c(C(C)(C)C)nc3ccc(Br)cc3c2=O)c(Br)c(Cl)c1OCC(=O)Nc1ccccc1C. The first-order chi connectivity index (χ1) is 19.4. The lowest BCUT2D eigenvalue weighted by Gasteiger charge is -2.21. The molecule has 0 bridgehead atoms. The molecule has 11 heteroatoms. The summed E-state index contributed by atoms with van der Waals surface area (Å²) in [5.74, 6) is 0.696. The highest BCUT2D eigenvalue weighted by atomic mass is 79.9. The van der Waals surface area contributed by atoms with Crippen LogP contribution in [-0.4, -0.2) is 35.0 Å². The van der Waals surface area contributed by atoms with Crippen LogP contribution in [0, 0.1) is 6.92 Å². The molecule has 8 nitrogen and oxygen atoms in total. The van der Waals surface area contributed by atoms with E-state index >= 15 is 0 Å². The number of anilines is 1. The summed E-state index contributed by atoms with van der Waals surface area (Å²) in [6, 6.07) is 14.5. The van der Waals surface area contributed by atoms with E-state index in [4.69, 9.17) is 26.1 Å². The maximum absolute atomic E-state index is 13.5. The maximum atomic E-state index is 13.5. The Morgan fingerprint density at radius 3 is 2.56 bits per heavy atom. The topological polar surface area (TPSA) is 94.8 Å². The monoisotopic (exact) mass is 702 g/mol. The highest BCUT2D eigenvalue weighted by Crippen LogP contribution is 2.42. The minimum Gasteiger partial charge on any atom is -0.490 e.